The molecule has 2 N–H and O–H groups in total. The lowest BCUT2D eigenvalue weighted by Crippen LogP contribution is -2.43. The molecule has 0 aliphatic carbocycles. The Morgan fingerprint density at radius 1 is 1.29 bits per heavy atom. The lowest BCUT2D eigenvalue weighted by Gasteiger charge is -2.23. The Balaban J connectivity index is 1.39. The number of aromatic nitrogens is 3. The highest BCUT2D eigenvalue weighted by molar-refractivity contribution is 7.13. The minimum atomic E-state index is -0.188. The van der Waals surface area contributed by atoms with Gasteiger partial charge in [0, 0.05) is 17.0 Å². The Bertz CT molecular complexity index is 842. The van der Waals surface area contributed by atoms with Crippen LogP contribution in [0.25, 0.3) is 10.4 Å². The third-order valence-corrected chi connectivity index (χ3v) is 4.99. The van der Waals surface area contributed by atoms with Crippen LogP contribution in [-0.4, -0.2) is 26.8 Å². The van der Waals surface area contributed by atoms with E-state index in [-0.39, 0.29) is 12.1 Å². The van der Waals surface area contributed by atoms with Crippen LogP contribution in [0.15, 0.2) is 48.1 Å². The summed E-state index contributed by atoms with van der Waals surface area (Å²) in [4.78, 5) is 17.6. The molecule has 0 fully saturated rings. The van der Waals surface area contributed by atoms with Gasteiger partial charge in [0.1, 0.15) is 12.2 Å². The molecule has 1 aromatic carbocycles. The van der Waals surface area contributed by atoms with Gasteiger partial charge in [-0.1, -0.05) is 18.2 Å². The van der Waals surface area contributed by atoms with Crippen molar-refractivity contribution in [3.8, 4) is 10.4 Å². The van der Waals surface area contributed by atoms with Crippen molar-refractivity contribution in [3.05, 3.63) is 53.9 Å². The standard InChI is InChI=1S/C17H17N5OS/c23-17(21-14-6-7-16-18-11-19-22(16)10-14)20-13-4-1-3-12(9-13)15-5-2-8-24-15/h1-5,8-9,11,14H,6-7,10H2,(H2,20,21,23)/t14-/m1/s1. The number of nitrogens with zero attached hydrogens (tertiary/aromatic N) is 3. The Kier molecular flexibility index (Phi) is 4.00. The maximum absolute atomic E-state index is 12.3. The van der Waals surface area contributed by atoms with E-state index in [1.165, 1.54) is 4.88 Å². The van der Waals surface area contributed by atoms with Crippen molar-refractivity contribution >= 4 is 23.1 Å². The third kappa shape index (κ3) is 3.16. The Labute approximate surface area is 143 Å². The van der Waals surface area contributed by atoms with Crippen LogP contribution in [0.5, 0.6) is 0 Å². The number of carbonyl (C=O) groups excluding carboxylic acids is 1. The number of amides is 2. The summed E-state index contributed by atoms with van der Waals surface area (Å²) < 4.78 is 1.85. The van der Waals surface area contributed by atoms with Crippen molar-refractivity contribution in [2.24, 2.45) is 0 Å². The fourth-order valence-corrected chi connectivity index (χ4v) is 3.62. The van der Waals surface area contributed by atoms with Gasteiger partial charge < -0.3 is 10.6 Å². The molecule has 4 rings (SSSR count). The maximum Gasteiger partial charge on any atom is 0.319 e. The summed E-state index contributed by atoms with van der Waals surface area (Å²) in [5.41, 5.74) is 1.89. The molecule has 7 heteroatoms. The van der Waals surface area contributed by atoms with E-state index in [1.807, 2.05) is 40.4 Å². The predicted octanol–water partition coefficient (Wildman–Crippen LogP) is 3.14. The van der Waals surface area contributed by atoms with E-state index < -0.39 is 0 Å². The second kappa shape index (κ2) is 6.45. The second-order valence-electron chi connectivity index (χ2n) is 5.75. The first-order valence-electron chi connectivity index (χ1n) is 7.86. The van der Waals surface area contributed by atoms with E-state index in [0.717, 1.165) is 29.9 Å². The quantitative estimate of drug-likeness (QED) is 0.770. The average molecular weight is 339 g/mol. The number of nitrogens with one attached hydrogen (secondary N) is 2. The Hall–Kier alpha value is -2.67. The molecule has 0 radical (unpaired) electrons. The van der Waals surface area contributed by atoms with Crippen LogP contribution in [0.2, 0.25) is 0 Å². The predicted molar refractivity (Wildman–Crippen MR) is 94.0 cm³/mol. The number of aryl methyl sites for hydroxylation is 1. The van der Waals surface area contributed by atoms with Gasteiger partial charge in [-0.25, -0.2) is 14.5 Å². The van der Waals surface area contributed by atoms with Gasteiger partial charge in [0.25, 0.3) is 0 Å². The van der Waals surface area contributed by atoms with Gasteiger partial charge in [-0.3, -0.25) is 0 Å². The van der Waals surface area contributed by atoms with Crippen LogP contribution in [0.1, 0.15) is 12.2 Å². The molecule has 3 heterocycles. The molecule has 6 nitrogen and oxygen atoms in total. The average Bonchev–Trinajstić information content (AvgIpc) is 3.26. The summed E-state index contributed by atoms with van der Waals surface area (Å²) in [6, 6.07) is 11.9. The molecule has 1 atom stereocenters. The van der Waals surface area contributed by atoms with Crippen LogP contribution in [0, 0.1) is 0 Å². The molecule has 1 aliphatic rings. The highest BCUT2D eigenvalue weighted by Gasteiger charge is 2.21. The number of anilines is 1. The number of hydrogen-bond donors (Lipinski definition) is 2. The molecule has 24 heavy (non-hydrogen) atoms. The first-order chi connectivity index (χ1) is 11.8. The van der Waals surface area contributed by atoms with Crippen LogP contribution < -0.4 is 10.6 Å². The molecular formula is C17H17N5OS. The number of carbonyl (C=O) groups is 1. The van der Waals surface area contributed by atoms with Crippen LogP contribution in [0.3, 0.4) is 0 Å². The monoisotopic (exact) mass is 339 g/mol. The summed E-state index contributed by atoms with van der Waals surface area (Å²) in [6.45, 7) is 0.665. The van der Waals surface area contributed by atoms with E-state index in [1.54, 1.807) is 17.7 Å². The van der Waals surface area contributed by atoms with Gasteiger partial charge in [-0.15, -0.1) is 11.3 Å². The van der Waals surface area contributed by atoms with Crippen LogP contribution in [0.4, 0.5) is 10.5 Å². The largest absolute Gasteiger partial charge is 0.333 e. The molecule has 2 aromatic heterocycles. The van der Waals surface area contributed by atoms with Gasteiger partial charge in [-0.2, -0.15) is 5.10 Å². The molecular weight excluding hydrogens is 322 g/mol. The summed E-state index contributed by atoms with van der Waals surface area (Å²) >= 11 is 1.68. The van der Waals surface area contributed by atoms with E-state index in [2.05, 4.69) is 26.8 Å². The second-order valence-corrected chi connectivity index (χ2v) is 6.70. The van der Waals surface area contributed by atoms with Crippen molar-refractivity contribution in [1.82, 2.24) is 20.1 Å². The zero-order chi connectivity index (χ0) is 16.4. The summed E-state index contributed by atoms with van der Waals surface area (Å²) in [6.07, 6.45) is 3.27. The summed E-state index contributed by atoms with van der Waals surface area (Å²) in [5, 5.41) is 12.2. The number of benzene rings is 1. The third-order valence-electron chi connectivity index (χ3n) is 4.07. The van der Waals surface area contributed by atoms with Crippen molar-refractivity contribution in [2.45, 2.75) is 25.4 Å². The first kappa shape index (κ1) is 14.9. The molecule has 0 spiro atoms. The topological polar surface area (TPSA) is 71.8 Å². The molecule has 1 aliphatic heterocycles. The fourth-order valence-electron chi connectivity index (χ4n) is 2.90. The number of thiophene rings is 1. The van der Waals surface area contributed by atoms with Gasteiger partial charge in [-0.05, 0) is 35.6 Å². The van der Waals surface area contributed by atoms with E-state index in [0.29, 0.717) is 6.54 Å². The van der Waals surface area contributed by atoms with Crippen molar-refractivity contribution in [1.29, 1.82) is 0 Å². The van der Waals surface area contributed by atoms with E-state index >= 15 is 0 Å². The van der Waals surface area contributed by atoms with Gasteiger partial charge >= 0.3 is 6.03 Å². The minimum Gasteiger partial charge on any atom is -0.333 e. The molecule has 0 unspecified atom stereocenters. The molecule has 3 aromatic rings. The van der Waals surface area contributed by atoms with Gasteiger partial charge in [0.15, 0.2) is 0 Å². The smallest absolute Gasteiger partial charge is 0.319 e. The number of rotatable bonds is 3. The van der Waals surface area contributed by atoms with E-state index in [9.17, 15) is 4.79 Å². The van der Waals surface area contributed by atoms with E-state index in [4.69, 9.17) is 0 Å². The van der Waals surface area contributed by atoms with Crippen LogP contribution >= 0.6 is 11.3 Å². The fraction of sp³-hybridized carbons (Fsp3) is 0.235. The Morgan fingerprint density at radius 3 is 3.12 bits per heavy atom. The van der Waals surface area contributed by atoms with Crippen molar-refractivity contribution < 1.29 is 4.79 Å². The Morgan fingerprint density at radius 2 is 2.25 bits per heavy atom. The number of urea groups is 1. The summed E-state index contributed by atoms with van der Waals surface area (Å²) in [5.74, 6) is 0.983. The zero-order valence-corrected chi connectivity index (χ0v) is 13.8. The van der Waals surface area contributed by atoms with Crippen molar-refractivity contribution in [3.63, 3.8) is 0 Å². The molecule has 2 amide bonds. The highest BCUT2D eigenvalue weighted by Crippen LogP contribution is 2.26. The lowest BCUT2D eigenvalue weighted by molar-refractivity contribution is 0.243. The van der Waals surface area contributed by atoms with Gasteiger partial charge in [0.05, 0.1) is 12.6 Å². The maximum atomic E-state index is 12.3. The molecule has 0 saturated carbocycles. The van der Waals surface area contributed by atoms with Crippen LogP contribution in [-0.2, 0) is 13.0 Å². The SMILES string of the molecule is O=C(Nc1cccc(-c2cccs2)c1)N[C@@H]1CCc2ncnn2C1. The number of hydrogen-bond acceptors (Lipinski definition) is 4. The molecule has 0 saturated heterocycles. The summed E-state index contributed by atoms with van der Waals surface area (Å²) in [7, 11) is 0. The first-order valence-corrected chi connectivity index (χ1v) is 8.74. The molecule has 0 bridgehead atoms. The highest BCUT2D eigenvalue weighted by atomic mass is 32.1. The molecule has 122 valence electrons. The van der Waals surface area contributed by atoms with Crippen molar-refractivity contribution in [2.75, 3.05) is 5.32 Å². The normalized spacial score (nSPS) is 16.4. The zero-order valence-electron chi connectivity index (χ0n) is 13.0. The van der Waals surface area contributed by atoms with Gasteiger partial charge in [0.2, 0.25) is 0 Å². The minimum absolute atomic E-state index is 0.0691. The number of fused-ring (bicyclic) bond motifs is 1. The lowest BCUT2D eigenvalue weighted by atomic mass is 10.1.